The largest absolute Gasteiger partial charge is 0.365 e. The Labute approximate surface area is 123 Å². The van der Waals surface area contributed by atoms with Crippen molar-refractivity contribution in [3.05, 3.63) is 41.0 Å². The number of carbonyl (C=O) groups is 1. The molecular formula is C16H16N4O. The average Bonchev–Trinajstić information content (AvgIpc) is 2.43. The van der Waals surface area contributed by atoms with Gasteiger partial charge in [0.15, 0.2) is 0 Å². The van der Waals surface area contributed by atoms with Gasteiger partial charge in [-0.15, -0.1) is 0 Å². The van der Waals surface area contributed by atoms with Crippen LogP contribution in [-0.2, 0) is 4.79 Å². The molecule has 1 amide bonds. The standard InChI is InChI=1S/C16H16N4O/c1-10-4-5-11-7-12(8-13(9-17)15(18)21)16(20(2)3)19-14(11)6-10/h4-8H,1-3H3,(H2,18,21)/b13-8+. The van der Waals surface area contributed by atoms with Crippen LogP contribution in [0.2, 0.25) is 0 Å². The van der Waals surface area contributed by atoms with Crippen LogP contribution >= 0.6 is 0 Å². The summed E-state index contributed by atoms with van der Waals surface area (Å²) in [5.74, 6) is -0.0618. The predicted molar refractivity (Wildman–Crippen MR) is 83.6 cm³/mol. The van der Waals surface area contributed by atoms with Crippen LogP contribution in [0.3, 0.4) is 0 Å². The molecule has 0 radical (unpaired) electrons. The second-order valence-corrected chi connectivity index (χ2v) is 5.03. The number of nitrogens with two attached hydrogens (primary N) is 1. The van der Waals surface area contributed by atoms with Crippen molar-refractivity contribution < 1.29 is 4.79 Å². The van der Waals surface area contributed by atoms with Gasteiger partial charge in [0.25, 0.3) is 5.91 Å². The zero-order chi connectivity index (χ0) is 15.6. The Bertz CT molecular complexity index is 785. The number of carbonyl (C=O) groups excluding carboxylic acids is 1. The molecule has 0 bridgehead atoms. The zero-order valence-corrected chi connectivity index (χ0v) is 12.2. The van der Waals surface area contributed by atoms with Gasteiger partial charge < -0.3 is 10.6 Å². The van der Waals surface area contributed by atoms with Crippen molar-refractivity contribution in [2.75, 3.05) is 19.0 Å². The summed E-state index contributed by atoms with van der Waals surface area (Å²) in [4.78, 5) is 17.7. The van der Waals surface area contributed by atoms with Crippen LogP contribution in [0.4, 0.5) is 5.82 Å². The van der Waals surface area contributed by atoms with E-state index in [0.29, 0.717) is 11.4 Å². The van der Waals surface area contributed by atoms with E-state index in [1.54, 1.807) is 0 Å². The molecule has 0 saturated carbocycles. The maximum atomic E-state index is 11.2. The van der Waals surface area contributed by atoms with Crippen molar-refractivity contribution >= 4 is 28.7 Å². The molecule has 0 aliphatic carbocycles. The maximum Gasteiger partial charge on any atom is 0.259 e. The second-order valence-electron chi connectivity index (χ2n) is 5.03. The minimum Gasteiger partial charge on any atom is -0.365 e. The molecule has 106 valence electrons. The van der Waals surface area contributed by atoms with Crippen molar-refractivity contribution in [2.45, 2.75) is 6.92 Å². The summed E-state index contributed by atoms with van der Waals surface area (Å²) in [6.45, 7) is 2.01. The molecule has 0 aliphatic rings. The van der Waals surface area contributed by atoms with E-state index in [4.69, 9.17) is 11.0 Å². The summed E-state index contributed by atoms with van der Waals surface area (Å²) < 4.78 is 0. The molecule has 0 aliphatic heterocycles. The number of rotatable bonds is 3. The molecule has 1 heterocycles. The summed E-state index contributed by atoms with van der Waals surface area (Å²) in [5.41, 5.74) is 7.78. The number of anilines is 1. The lowest BCUT2D eigenvalue weighted by Gasteiger charge is -2.16. The molecule has 1 aromatic carbocycles. The fourth-order valence-electron chi connectivity index (χ4n) is 2.06. The molecule has 0 unspecified atom stereocenters. The number of pyridine rings is 1. The number of hydrogen-bond donors (Lipinski definition) is 1. The first-order valence-electron chi connectivity index (χ1n) is 6.42. The first kappa shape index (κ1) is 14.5. The van der Waals surface area contributed by atoms with Crippen LogP contribution in [0.15, 0.2) is 29.8 Å². The van der Waals surface area contributed by atoms with Crippen LogP contribution in [-0.4, -0.2) is 25.0 Å². The van der Waals surface area contributed by atoms with Crippen molar-refractivity contribution in [3.8, 4) is 6.07 Å². The Morgan fingerprint density at radius 1 is 1.38 bits per heavy atom. The molecule has 2 N–H and O–H groups in total. The van der Waals surface area contributed by atoms with Crippen LogP contribution in [0.5, 0.6) is 0 Å². The van der Waals surface area contributed by atoms with Gasteiger partial charge in [0, 0.05) is 25.0 Å². The normalized spacial score (nSPS) is 11.2. The number of hydrogen-bond acceptors (Lipinski definition) is 4. The van der Waals surface area contributed by atoms with Gasteiger partial charge in [0.2, 0.25) is 0 Å². The first-order valence-corrected chi connectivity index (χ1v) is 6.42. The van der Waals surface area contributed by atoms with Crippen molar-refractivity contribution in [2.24, 2.45) is 5.73 Å². The number of nitrogens with zero attached hydrogens (tertiary/aromatic N) is 3. The highest BCUT2D eigenvalue weighted by Crippen LogP contribution is 2.25. The number of aryl methyl sites for hydroxylation is 1. The number of aromatic nitrogens is 1. The Morgan fingerprint density at radius 2 is 2.10 bits per heavy atom. The summed E-state index contributed by atoms with van der Waals surface area (Å²) in [7, 11) is 3.72. The van der Waals surface area contributed by atoms with Gasteiger partial charge >= 0.3 is 0 Å². The number of benzene rings is 1. The summed E-state index contributed by atoms with van der Waals surface area (Å²) in [5, 5.41) is 9.93. The topological polar surface area (TPSA) is 83.0 Å². The van der Waals surface area contributed by atoms with E-state index in [9.17, 15) is 4.79 Å². The van der Waals surface area contributed by atoms with Crippen LogP contribution < -0.4 is 10.6 Å². The Balaban J connectivity index is 2.72. The van der Waals surface area contributed by atoms with Gasteiger partial charge in [-0.3, -0.25) is 4.79 Å². The Morgan fingerprint density at radius 3 is 2.67 bits per heavy atom. The van der Waals surface area contributed by atoms with Crippen molar-refractivity contribution in [3.63, 3.8) is 0 Å². The molecular weight excluding hydrogens is 264 g/mol. The van der Waals surface area contributed by atoms with Gasteiger partial charge in [0.1, 0.15) is 17.5 Å². The first-order chi connectivity index (χ1) is 9.92. The molecule has 2 aromatic rings. The summed E-state index contributed by atoms with van der Waals surface area (Å²) in [6.07, 6.45) is 1.48. The minimum absolute atomic E-state index is 0.0913. The molecule has 0 saturated heterocycles. The number of primary amides is 1. The molecule has 21 heavy (non-hydrogen) atoms. The highest BCUT2D eigenvalue weighted by Gasteiger charge is 2.11. The van der Waals surface area contributed by atoms with E-state index >= 15 is 0 Å². The average molecular weight is 280 g/mol. The van der Waals surface area contributed by atoms with Gasteiger partial charge in [-0.05, 0) is 30.7 Å². The zero-order valence-electron chi connectivity index (χ0n) is 12.2. The van der Waals surface area contributed by atoms with E-state index in [0.717, 1.165) is 16.5 Å². The lowest BCUT2D eigenvalue weighted by molar-refractivity contribution is -0.114. The monoisotopic (exact) mass is 280 g/mol. The van der Waals surface area contributed by atoms with E-state index in [2.05, 4.69) is 4.98 Å². The van der Waals surface area contributed by atoms with Crippen molar-refractivity contribution in [1.29, 1.82) is 5.26 Å². The van der Waals surface area contributed by atoms with E-state index in [1.165, 1.54) is 6.08 Å². The van der Waals surface area contributed by atoms with E-state index < -0.39 is 5.91 Å². The predicted octanol–water partition coefficient (Wildman–Crippen LogP) is 2.00. The molecule has 5 heteroatoms. The van der Waals surface area contributed by atoms with Gasteiger partial charge in [-0.1, -0.05) is 12.1 Å². The SMILES string of the molecule is Cc1ccc2cc(/C=C(\C#N)C(N)=O)c(N(C)C)nc2c1. The number of fused-ring (bicyclic) bond motifs is 1. The molecule has 0 atom stereocenters. The van der Waals surface area contributed by atoms with Crippen LogP contribution in [0, 0.1) is 18.3 Å². The van der Waals surface area contributed by atoms with Gasteiger partial charge in [0.05, 0.1) is 5.52 Å². The highest BCUT2D eigenvalue weighted by molar-refractivity contribution is 6.01. The van der Waals surface area contributed by atoms with Crippen LogP contribution in [0.25, 0.3) is 17.0 Å². The highest BCUT2D eigenvalue weighted by atomic mass is 16.1. The Hall–Kier alpha value is -2.87. The molecule has 2 rings (SSSR count). The van der Waals surface area contributed by atoms with Crippen molar-refractivity contribution in [1.82, 2.24) is 4.98 Å². The molecule has 0 fully saturated rings. The molecule has 0 spiro atoms. The molecule has 5 nitrogen and oxygen atoms in total. The quantitative estimate of drug-likeness (QED) is 0.688. The summed E-state index contributed by atoms with van der Waals surface area (Å²) in [6, 6.07) is 9.66. The number of amides is 1. The van der Waals surface area contributed by atoms with Gasteiger partial charge in [-0.25, -0.2) is 4.98 Å². The lowest BCUT2D eigenvalue weighted by Crippen LogP contribution is -2.14. The maximum absolute atomic E-state index is 11.2. The summed E-state index contributed by atoms with van der Waals surface area (Å²) >= 11 is 0. The third-order valence-electron chi connectivity index (χ3n) is 3.09. The number of nitriles is 1. The van der Waals surface area contributed by atoms with E-state index in [-0.39, 0.29) is 5.57 Å². The lowest BCUT2D eigenvalue weighted by atomic mass is 10.1. The van der Waals surface area contributed by atoms with E-state index in [1.807, 2.05) is 56.3 Å². The Kier molecular flexibility index (Phi) is 3.90. The smallest absolute Gasteiger partial charge is 0.259 e. The fraction of sp³-hybridized carbons (Fsp3) is 0.188. The minimum atomic E-state index is -0.744. The third kappa shape index (κ3) is 3.00. The molecule has 1 aromatic heterocycles. The third-order valence-corrected chi connectivity index (χ3v) is 3.09. The van der Waals surface area contributed by atoms with Crippen LogP contribution in [0.1, 0.15) is 11.1 Å². The fourth-order valence-corrected chi connectivity index (χ4v) is 2.06. The second kappa shape index (κ2) is 5.63. The van der Waals surface area contributed by atoms with Gasteiger partial charge in [-0.2, -0.15) is 5.26 Å².